The first-order chi connectivity index (χ1) is 34.1. The lowest BCUT2D eigenvalue weighted by atomic mass is 10.1. The predicted octanol–water partition coefficient (Wildman–Crippen LogP) is -0.280. The van der Waals surface area contributed by atoms with Crippen LogP contribution in [-0.4, -0.2) is 187 Å². The Morgan fingerprint density at radius 2 is 0.973 bits per heavy atom. The fourth-order valence-corrected chi connectivity index (χ4v) is 8.93. The van der Waals surface area contributed by atoms with E-state index in [1.807, 2.05) is 0 Å². The maximum atomic E-state index is 12.8. The van der Waals surface area contributed by atoms with Gasteiger partial charge in [-0.2, -0.15) is 80.4 Å². The van der Waals surface area contributed by atoms with Gasteiger partial charge in [0.1, 0.15) is 9.79 Å². The average Bonchev–Trinajstić information content (AvgIpc) is 3.26. The van der Waals surface area contributed by atoms with Crippen molar-refractivity contribution < 1.29 is 88.0 Å². The molecule has 0 fully saturated rings. The van der Waals surface area contributed by atoms with E-state index in [-0.39, 0.29) is 65.0 Å². The van der Waals surface area contributed by atoms with Crippen LogP contribution in [0.15, 0.2) is 58.0 Å². The minimum Gasteiger partial charge on any atom is -0.396 e. The molecule has 0 radical (unpaired) electrons. The van der Waals surface area contributed by atoms with Crippen LogP contribution in [0.5, 0.6) is 0 Å². The average molecular weight is 1160 g/mol. The lowest BCUT2D eigenvalue weighted by Gasteiger charge is -2.25. The minimum atomic E-state index is -5.13. The minimum absolute atomic E-state index is 0.0949. The Balaban J connectivity index is 1.76. The molecule has 32 nitrogen and oxygen atoms in total. The number of hydrogen-bond donors (Lipinski definition) is 12. The number of nitrogens with one attached hydrogen (secondary N) is 4. The van der Waals surface area contributed by atoms with Gasteiger partial charge in [-0.25, -0.2) is 0 Å². The topological polar surface area (TPSA) is 499 Å². The lowest BCUT2D eigenvalue weighted by Crippen LogP contribution is -2.35. The molecule has 0 aliphatic carbocycles. The molecule has 1 atom stereocenters. The zero-order valence-electron chi connectivity index (χ0n) is 38.6. The molecule has 0 aliphatic heterocycles. The van der Waals surface area contributed by atoms with Crippen molar-refractivity contribution in [2.24, 2.45) is 5.92 Å². The normalized spacial score (nSPS) is 13.4. The molecule has 410 valence electrons. The van der Waals surface area contributed by atoms with E-state index in [1.165, 1.54) is 30.2 Å². The van der Waals surface area contributed by atoms with Crippen LogP contribution in [-0.2, 0) is 60.7 Å². The van der Waals surface area contributed by atoms with Crippen LogP contribution < -0.4 is 31.1 Å². The molecule has 12 N–H and O–H groups in total. The maximum Gasteiger partial charge on any atom is 0.295 e. The first kappa shape index (κ1) is 60.7. The van der Waals surface area contributed by atoms with Gasteiger partial charge in [-0.15, -0.1) is 0 Å². The van der Waals surface area contributed by atoms with Gasteiger partial charge in [0.25, 0.3) is 60.7 Å². The quantitative estimate of drug-likeness (QED) is 0.0246. The second kappa shape index (κ2) is 25.1. The van der Waals surface area contributed by atoms with Gasteiger partial charge in [-0.1, -0.05) is 31.2 Å². The van der Waals surface area contributed by atoms with E-state index in [9.17, 15) is 88.0 Å². The van der Waals surface area contributed by atoms with E-state index in [2.05, 4.69) is 51.2 Å². The molecule has 2 heterocycles. The Bertz CT molecular complexity index is 3430. The summed E-state index contributed by atoms with van der Waals surface area (Å²) in [5.41, 5.74) is -0.586. The monoisotopic (exact) mass is 1160 g/mol. The number of nitrogens with zero attached hydrogens (tertiary/aromatic N) is 8. The summed E-state index contributed by atoms with van der Waals surface area (Å²) in [6.07, 6.45) is 3.31. The molecule has 2 aromatic heterocycles. The Labute approximate surface area is 424 Å². The SMILES string of the molecule is C/C(=C/N(CCS(=O)(=O)O)c1nc(NCCS(=O)(=O)O)nc(Nc2ccc(C=Cc3ccc(Nc4nc(NCCS(=O)(=O)O)nc(N(CCS(=O)(=O)O)CC(C)CO)n4)cc3S(=O)(=O)O)c(S(=O)(=O)O)c2)n1)CO. The molecular weight excluding hydrogens is 1110 g/mol. The number of anilines is 8. The summed E-state index contributed by atoms with van der Waals surface area (Å²) < 4.78 is 201. The number of hydrogen-bond acceptors (Lipinski definition) is 26. The Morgan fingerprint density at radius 1 is 0.568 bits per heavy atom. The molecule has 38 heteroatoms. The smallest absolute Gasteiger partial charge is 0.295 e. The van der Waals surface area contributed by atoms with Crippen molar-refractivity contribution in [3.05, 3.63) is 59.3 Å². The van der Waals surface area contributed by atoms with Gasteiger partial charge in [0.05, 0.1) is 29.6 Å². The van der Waals surface area contributed by atoms with Crippen LogP contribution >= 0.6 is 0 Å². The van der Waals surface area contributed by atoms with Crippen molar-refractivity contribution in [2.45, 2.75) is 23.6 Å². The third-order valence-electron chi connectivity index (χ3n) is 9.29. The zero-order valence-corrected chi connectivity index (χ0v) is 43.5. The molecule has 0 aliphatic rings. The van der Waals surface area contributed by atoms with E-state index in [0.717, 1.165) is 41.3 Å². The number of benzene rings is 2. The summed E-state index contributed by atoms with van der Waals surface area (Å²) in [4.78, 5) is 25.6. The fourth-order valence-electron chi connectivity index (χ4n) is 5.91. The molecule has 74 heavy (non-hydrogen) atoms. The Hall–Kier alpha value is -5.88. The Kier molecular flexibility index (Phi) is 20.6. The molecule has 0 amide bonds. The molecule has 0 bridgehead atoms. The largest absolute Gasteiger partial charge is 0.396 e. The molecule has 0 saturated carbocycles. The van der Waals surface area contributed by atoms with Crippen LogP contribution in [0.2, 0.25) is 0 Å². The molecule has 1 unspecified atom stereocenters. The standard InChI is InChI=1S/C36H50N12O20S6/c1-23(21-49)19-47(11-15-71(57,58)59)35-43-31(37-9-13-69(51,52)53)41-33(45-35)39-27-7-5-25(29(17-27)73(63,64)65)3-4-26-6-8-28(18-30(26)74(66,67)68)40-34-42-32(38-10-14-70(54,55)56)44-36(46-34)48(20-24(2)22-50)12-16-72(60,61)62/h3-8,17-19,24,49-50H,9-16,20-22H2,1-2H3,(H,51,52,53)(H,54,55,56)(H,57,58,59)(H,60,61,62)(H,63,64,65)(H,66,67,68)(H2,37,39,41,43,45)(H2,38,40,42,44,46)/b4-3?,23-19-. The molecule has 0 spiro atoms. The summed E-state index contributed by atoms with van der Waals surface area (Å²) in [6.45, 7) is 0.165. The van der Waals surface area contributed by atoms with Gasteiger partial charge in [-0.05, 0) is 53.8 Å². The van der Waals surface area contributed by atoms with Crippen LogP contribution in [0.3, 0.4) is 0 Å². The summed E-state index contributed by atoms with van der Waals surface area (Å²) in [5.74, 6) is -6.06. The van der Waals surface area contributed by atoms with Crippen LogP contribution in [0.1, 0.15) is 25.0 Å². The predicted molar refractivity (Wildman–Crippen MR) is 267 cm³/mol. The molecule has 2 aromatic carbocycles. The first-order valence-corrected chi connectivity index (χ1v) is 30.1. The third kappa shape index (κ3) is 21.2. The number of rotatable bonds is 29. The highest BCUT2D eigenvalue weighted by Gasteiger charge is 2.23. The van der Waals surface area contributed by atoms with Gasteiger partial charge < -0.3 is 41.3 Å². The van der Waals surface area contributed by atoms with Crippen molar-refractivity contribution in [1.29, 1.82) is 0 Å². The highest BCUT2D eigenvalue weighted by molar-refractivity contribution is 7.87. The number of aliphatic hydroxyl groups is 2. The summed E-state index contributed by atoms with van der Waals surface area (Å²) in [6, 6.07) is 6.51. The van der Waals surface area contributed by atoms with Gasteiger partial charge in [0.15, 0.2) is 0 Å². The Morgan fingerprint density at radius 3 is 1.38 bits per heavy atom. The van der Waals surface area contributed by atoms with Crippen molar-refractivity contribution in [3.63, 3.8) is 0 Å². The molecule has 0 saturated heterocycles. The number of aromatic nitrogens is 6. The van der Waals surface area contributed by atoms with Gasteiger partial charge in [0, 0.05) is 56.9 Å². The first-order valence-electron chi connectivity index (χ1n) is 20.8. The van der Waals surface area contributed by atoms with Crippen LogP contribution in [0.25, 0.3) is 12.2 Å². The summed E-state index contributed by atoms with van der Waals surface area (Å²) >= 11 is 0. The summed E-state index contributed by atoms with van der Waals surface area (Å²) in [5, 5.41) is 29.7. The second-order valence-corrected chi connectivity index (χ2v) is 24.7. The number of aliphatic hydroxyl groups excluding tert-OH is 2. The van der Waals surface area contributed by atoms with Crippen molar-refractivity contribution in [2.75, 3.05) is 100 Å². The van der Waals surface area contributed by atoms with E-state index in [1.54, 1.807) is 6.92 Å². The van der Waals surface area contributed by atoms with Gasteiger partial charge in [-0.3, -0.25) is 27.3 Å². The van der Waals surface area contributed by atoms with Crippen molar-refractivity contribution in [3.8, 4) is 0 Å². The van der Waals surface area contributed by atoms with E-state index < -0.39 is 144 Å². The maximum absolute atomic E-state index is 12.8. The second-order valence-electron chi connectivity index (χ2n) is 15.7. The molecule has 4 aromatic rings. The fraction of sp³-hybridized carbons (Fsp3) is 0.389. The molecular formula is C36H50N12O20S6. The molecule has 4 rings (SSSR count). The lowest BCUT2D eigenvalue weighted by molar-refractivity contribution is 0.239. The highest BCUT2D eigenvalue weighted by Crippen LogP contribution is 2.29. The van der Waals surface area contributed by atoms with Crippen LogP contribution in [0.4, 0.5) is 47.1 Å². The van der Waals surface area contributed by atoms with E-state index in [0.29, 0.717) is 0 Å². The third-order valence-corrected chi connectivity index (χ3v) is 13.9. The highest BCUT2D eigenvalue weighted by atomic mass is 32.2. The van der Waals surface area contributed by atoms with Gasteiger partial charge >= 0.3 is 0 Å². The van der Waals surface area contributed by atoms with E-state index in [4.69, 9.17) is 0 Å². The zero-order chi connectivity index (χ0) is 55.5. The van der Waals surface area contributed by atoms with Crippen LogP contribution in [0, 0.1) is 5.92 Å². The van der Waals surface area contributed by atoms with E-state index >= 15 is 0 Å². The van der Waals surface area contributed by atoms with Crippen molar-refractivity contribution in [1.82, 2.24) is 29.9 Å². The van der Waals surface area contributed by atoms with Crippen molar-refractivity contribution >= 4 is 120 Å². The summed E-state index contributed by atoms with van der Waals surface area (Å²) in [7, 11) is -28.3. The van der Waals surface area contributed by atoms with Gasteiger partial charge in [0.2, 0.25) is 35.7 Å².